The first-order valence-electron chi connectivity index (χ1n) is 6.42. The molecule has 5 heteroatoms. The number of hydrogen-bond donors (Lipinski definition) is 1. The Bertz CT molecular complexity index is 366. The van der Waals surface area contributed by atoms with Crippen molar-refractivity contribution >= 4 is 0 Å². The summed E-state index contributed by atoms with van der Waals surface area (Å²) in [6, 6.07) is 0. The summed E-state index contributed by atoms with van der Waals surface area (Å²) >= 11 is 0. The van der Waals surface area contributed by atoms with Crippen molar-refractivity contribution in [2.24, 2.45) is 0 Å². The predicted molar refractivity (Wildman–Crippen MR) is 63.5 cm³/mol. The Kier molecular flexibility index (Phi) is 3.79. The summed E-state index contributed by atoms with van der Waals surface area (Å²) in [6.07, 6.45) is 5.01. The Morgan fingerprint density at radius 1 is 1.59 bits per heavy atom. The molecule has 2 unspecified atom stereocenters. The molecule has 5 nitrogen and oxygen atoms in total. The van der Waals surface area contributed by atoms with Crippen molar-refractivity contribution in [1.29, 1.82) is 0 Å². The third-order valence-electron chi connectivity index (χ3n) is 3.42. The van der Waals surface area contributed by atoms with E-state index in [1.807, 2.05) is 4.68 Å². The van der Waals surface area contributed by atoms with Gasteiger partial charge in [0, 0.05) is 19.4 Å². The molecule has 2 heterocycles. The number of nitrogens with zero attached hydrogens (tertiary/aromatic N) is 3. The van der Waals surface area contributed by atoms with Crippen molar-refractivity contribution in [3.05, 3.63) is 11.9 Å². The second-order valence-electron chi connectivity index (χ2n) is 4.73. The maximum atomic E-state index is 10.8. The molecule has 1 aromatic heterocycles. The molecule has 0 bridgehead atoms. The molecule has 1 aromatic rings. The first kappa shape index (κ1) is 12.5. The van der Waals surface area contributed by atoms with E-state index >= 15 is 0 Å². The molecular formula is C12H21N3O2. The van der Waals surface area contributed by atoms with E-state index in [1.165, 1.54) is 0 Å². The van der Waals surface area contributed by atoms with Crippen LogP contribution < -0.4 is 0 Å². The van der Waals surface area contributed by atoms with Crippen molar-refractivity contribution in [2.45, 2.75) is 57.8 Å². The fraction of sp³-hybridized carbons (Fsp3) is 0.833. The van der Waals surface area contributed by atoms with E-state index in [-0.39, 0.29) is 6.10 Å². The molecule has 2 atom stereocenters. The lowest BCUT2D eigenvalue weighted by molar-refractivity contribution is -0.112. The third kappa shape index (κ3) is 2.50. The van der Waals surface area contributed by atoms with Gasteiger partial charge in [0.2, 0.25) is 0 Å². The van der Waals surface area contributed by atoms with Gasteiger partial charge in [-0.25, -0.2) is 4.68 Å². The van der Waals surface area contributed by atoms with Crippen LogP contribution in [0.1, 0.15) is 45.2 Å². The molecule has 1 N–H and O–H groups in total. The van der Waals surface area contributed by atoms with Gasteiger partial charge in [0.25, 0.3) is 0 Å². The lowest BCUT2D eigenvalue weighted by atomic mass is 9.86. The van der Waals surface area contributed by atoms with Crippen LogP contribution in [0.15, 0.2) is 6.20 Å². The zero-order chi connectivity index (χ0) is 12.3. The van der Waals surface area contributed by atoms with Gasteiger partial charge < -0.3 is 9.84 Å². The SMILES string of the molecule is CCCn1nncc1C1(O)CCOC(CC)C1. The lowest BCUT2D eigenvalue weighted by Crippen LogP contribution is -2.40. The third-order valence-corrected chi connectivity index (χ3v) is 3.42. The van der Waals surface area contributed by atoms with Crippen molar-refractivity contribution < 1.29 is 9.84 Å². The first-order valence-corrected chi connectivity index (χ1v) is 6.42. The van der Waals surface area contributed by atoms with E-state index < -0.39 is 5.60 Å². The topological polar surface area (TPSA) is 60.2 Å². The largest absolute Gasteiger partial charge is 0.383 e. The molecule has 1 saturated heterocycles. The normalized spacial score (nSPS) is 29.5. The number of aryl methyl sites for hydroxylation is 1. The Hall–Kier alpha value is -0.940. The van der Waals surface area contributed by atoms with Gasteiger partial charge in [-0.1, -0.05) is 19.1 Å². The summed E-state index contributed by atoms with van der Waals surface area (Å²) in [6.45, 7) is 5.58. The molecule has 0 spiro atoms. The average molecular weight is 239 g/mol. The Labute approximate surface area is 102 Å². The van der Waals surface area contributed by atoms with E-state index in [4.69, 9.17) is 4.74 Å². The van der Waals surface area contributed by atoms with Crippen LogP contribution in [0, 0.1) is 0 Å². The molecule has 96 valence electrons. The molecule has 1 aliphatic rings. The zero-order valence-corrected chi connectivity index (χ0v) is 10.6. The molecule has 0 radical (unpaired) electrons. The highest BCUT2D eigenvalue weighted by atomic mass is 16.5. The molecule has 0 amide bonds. The fourth-order valence-electron chi connectivity index (χ4n) is 2.42. The highest BCUT2D eigenvalue weighted by Crippen LogP contribution is 2.35. The Balaban J connectivity index is 2.21. The number of ether oxygens (including phenoxy) is 1. The second kappa shape index (κ2) is 5.14. The molecule has 1 aliphatic heterocycles. The molecule has 2 rings (SSSR count). The van der Waals surface area contributed by atoms with E-state index in [9.17, 15) is 5.11 Å². The van der Waals surface area contributed by atoms with Crippen LogP contribution in [0.5, 0.6) is 0 Å². The van der Waals surface area contributed by atoms with E-state index in [1.54, 1.807) is 6.20 Å². The van der Waals surface area contributed by atoms with Crippen LogP contribution in [-0.2, 0) is 16.9 Å². The van der Waals surface area contributed by atoms with E-state index in [0.29, 0.717) is 19.4 Å². The summed E-state index contributed by atoms with van der Waals surface area (Å²) in [7, 11) is 0. The molecular weight excluding hydrogens is 218 g/mol. The highest BCUT2D eigenvalue weighted by molar-refractivity contribution is 5.10. The highest BCUT2D eigenvalue weighted by Gasteiger charge is 2.38. The molecule has 1 fully saturated rings. The van der Waals surface area contributed by atoms with Gasteiger partial charge in [-0.2, -0.15) is 0 Å². The smallest absolute Gasteiger partial charge is 0.112 e. The zero-order valence-electron chi connectivity index (χ0n) is 10.6. The minimum atomic E-state index is -0.822. The molecule has 0 saturated carbocycles. The predicted octanol–water partition coefficient (Wildman–Crippen LogP) is 1.46. The van der Waals surface area contributed by atoms with Gasteiger partial charge in [-0.05, 0) is 12.8 Å². The molecule has 0 aliphatic carbocycles. The van der Waals surface area contributed by atoms with Crippen molar-refractivity contribution in [1.82, 2.24) is 15.0 Å². The lowest BCUT2D eigenvalue weighted by Gasteiger charge is -2.36. The standard InChI is InChI=1S/C12H21N3O2/c1-3-6-15-11(9-13-14-15)12(16)5-7-17-10(4-2)8-12/h9-10,16H,3-8H2,1-2H3. The van der Waals surface area contributed by atoms with Crippen molar-refractivity contribution in [2.75, 3.05) is 6.61 Å². The fourth-order valence-corrected chi connectivity index (χ4v) is 2.42. The van der Waals surface area contributed by atoms with E-state index in [0.717, 1.165) is 25.1 Å². The van der Waals surface area contributed by atoms with Gasteiger partial charge in [-0.3, -0.25) is 0 Å². The van der Waals surface area contributed by atoms with Gasteiger partial charge in [0.05, 0.1) is 24.6 Å². The van der Waals surface area contributed by atoms with Crippen LogP contribution in [0.3, 0.4) is 0 Å². The van der Waals surface area contributed by atoms with Gasteiger partial charge in [0.15, 0.2) is 0 Å². The van der Waals surface area contributed by atoms with Crippen LogP contribution in [0.25, 0.3) is 0 Å². The summed E-state index contributed by atoms with van der Waals surface area (Å²) in [5.74, 6) is 0. The number of hydrogen-bond acceptors (Lipinski definition) is 4. The summed E-state index contributed by atoms with van der Waals surface area (Å²) in [5.41, 5.74) is 0.0125. The average Bonchev–Trinajstić information content (AvgIpc) is 2.78. The number of aromatic nitrogens is 3. The maximum Gasteiger partial charge on any atom is 0.112 e. The molecule has 17 heavy (non-hydrogen) atoms. The quantitative estimate of drug-likeness (QED) is 0.864. The minimum Gasteiger partial charge on any atom is -0.383 e. The monoisotopic (exact) mass is 239 g/mol. The van der Waals surface area contributed by atoms with Crippen LogP contribution in [0.4, 0.5) is 0 Å². The Morgan fingerprint density at radius 2 is 2.41 bits per heavy atom. The molecule has 0 aromatic carbocycles. The first-order chi connectivity index (χ1) is 8.19. The maximum absolute atomic E-state index is 10.8. The Morgan fingerprint density at radius 3 is 3.12 bits per heavy atom. The number of aliphatic hydroxyl groups is 1. The minimum absolute atomic E-state index is 0.138. The summed E-state index contributed by atoms with van der Waals surface area (Å²) in [5, 5.41) is 18.7. The van der Waals surface area contributed by atoms with Gasteiger partial charge in [0.1, 0.15) is 5.60 Å². The van der Waals surface area contributed by atoms with Crippen molar-refractivity contribution in [3.63, 3.8) is 0 Å². The van der Waals surface area contributed by atoms with Crippen molar-refractivity contribution in [3.8, 4) is 0 Å². The summed E-state index contributed by atoms with van der Waals surface area (Å²) in [4.78, 5) is 0. The van der Waals surface area contributed by atoms with E-state index in [2.05, 4.69) is 24.2 Å². The summed E-state index contributed by atoms with van der Waals surface area (Å²) < 4.78 is 7.43. The van der Waals surface area contributed by atoms with Gasteiger partial charge >= 0.3 is 0 Å². The van der Waals surface area contributed by atoms with Crippen LogP contribution in [-0.4, -0.2) is 32.8 Å². The van der Waals surface area contributed by atoms with Crippen LogP contribution >= 0.6 is 0 Å². The second-order valence-corrected chi connectivity index (χ2v) is 4.73. The van der Waals surface area contributed by atoms with Crippen LogP contribution in [0.2, 0.25) is 0 Å². The van der Waals surface area contributed by atoms with Gasteiger partial charge in [-0.15, -0.1) is 5.10 Å². The number of rotatable bonds is 4.